The Balaban J connectivity index is 1.93. The molecule has 21 heavy (non-hydrogen) atoms. The van der Waals surface area contributed by atoms with Crippen molar-refractivity contribution in [3.05, 3.63) is 76.3 Å². The van der Waals surface area contributed by atoms with Crippen molar-refractivity contribution in [2.24, 2.45) is 0 Å². The second-order valence-electron chi connectivity index (χ2n) is 4.82. The van der Waals surface area contributed by atoms with Crippen molar-refractivity contribution in [1.29, 1.82) is 0 Å². The second-order valence-corrected chi connectivity index (χ2v) is 4.82. The van der Waals surface area contributed by atoms with Crippen LogP contribution >= 0.6 is 0 Å². The first-order valence-electron chi connectivity index (χ1n) is 6.55. The standard InChI is InChI=1S/C17H13NO3/c1-12-10-15(18(19)20)7-9-17(12)21-16-8-6-13-4-2-3-5-14(13)11-16/h2-11H,1H3. The van der Waals surface area contributed by atoms with E-state index in [4.69, 9.17) is 4.74 Å². The smallest absolute Gasteiger partial charge is 0.269 e. The van der Waals surface area contributed by atoms with E-state index in [1.165, 1.54) is 12.1 Å². The van der Waals surface area contributed by atoms with Crippen molar-refractivity contribution in [2.75, 3.05) is 0 Å². The van der Waals surface area contributed by atoms with Crippen molar-refractivity contribution in [3.63, 3.8) is 0 Å². The van der Waals surface area contributed by atoms with E-state index >= 15 is 0 Å². The van der Waals surface area contributed by atoms with Crippen molar-refractivity contribution < 1.29 is 9.66 Å². The fourth-order valence-electron chi connectivity index (χ4n) is 2.22. The molecule has 0 saturated heterocycles. The first kappa shape index (κ1) is 13.1. The first-order chi connectivity index (χ1) is 10.1. The number of rotatable bonds is 3. The number of nitro benzene ring substituents is 1. The third-order valence-corrected chi connectivity index (χ3v) is 3.32. The predicted octanol–water partition coefficient (Wildman–Crippen LogP) is 4.85. The predicted molar refractivity (Wildman–Crippen MR) is 81.9 cm³/mol. The quantitative estimate of drug-likeness (QED) is 0.508. The molecular weight excluding hydrogens is 266 g/mol. The van der Waals surface area contributed by atoms with E-state index in [1.54, 1.807) is 13.0 Å². The van der Waals surface area contributed by atoms with Crippen molar-refractivity contribution >= 4 is 16.5 Å². The number of fused-ring (bicyclic) bond motifs is 1. The minimum Gasteiger partial charge on any atom is -0.457 e. The second kappa shape index (κ2) is 5.25. The van der Waals surface area contributed by atoms with Crippen LogP contribution in [0.4, 0.5) is 5.69 Å². The van der Waals surface area contributed by atoms with Gasteiger partial charge in [0.15, 0.2) is 0 Å². The van der Waals surface area contributed by atoms with Gasteiger partial charge in [-0.25, -0.2) is 0 Å². The minimum atomic E-state index is -0.410. The van der Waals surface area contributed by atoms with E-state index in [-0.39, 0.29) is 5.69 Å². The molecular formula is C17H13NO3. The number of benzene rings is 3. The molecule has 3 aromatic rings. The van der Waals surface area contributed by atoms with E-state index in [1.807, 2.05) is 42.5 Å². The SMILES string of the molecule is Cc1cc([N+](=O)[O-])ccc1Oc1ccc2ccccc2c1. The molecule has 0 bridgehead atoms. The number of ether oxygens (including phenoxy) is 1. The summed E-state index contributed by atoms with van der Waals surface area (Å²) in [6, 6.07) is 18.4. The molecule has 0 amide bonds. The van der Waals surface area contributed by atoms with Crippen LogP contribution in [-0.4, -0.2) is 4.92 Å². The maximum atomic E-state index is 10.7. The summed E-state index contributed by atoms with van der Waals surface area (Å²) in [7, 11) is 0. The summed E-state index contributed by atoms with van der Waals surface area (Å²) in [5.41, 5.74) is 0.802. The highest BCUT2D eigenvalue weighted by Crippen LogP contribution is 2.29. The molecule has 104 valence electrons. The van der Waals surface area contributed by atoms with Gasteiger partial charge in [0.05, 0.1) is 4.92 Å². The van der Waals surface area contributed by atoms with E-state index in [9.17, 15) is 10.1 Å². The number of hydrogen-bond acceptors (Lipinski definition) is 3. The Morgan fingerprint density at radius 2 is 1.71 bits per heavy atom. The third-order valence-electron chi connectivity index (χ3n) is 3.32. The monoisotopic (exact) mass is 279 g/mol. The van der Waals surface area contributed by atoms with Gasteiger partial charge in [-0.2, -0.15) is 0 Å². The zero-order valence-corrected chi connectivity index (χ0v) is 11.4. The highest BCUT2D eigenvalue weighted by molar-refractivity contribution is 5.83. The summed E-state index contributed by atoms with van der Waals surface area (Å²) < 4.78 is 5.83. The highest BCUT2D eigenvalue weighted by Gasteiger charge is 2.09. The van der Waals surface area contributed by atoms with Gasteiger partial charge < -0.3 is 4.74 Å². The number of hydrogen-bond donors (Lipinski definition) is 0. The Morgan fingerprint density at radius 1 is 0.952 bits per heavy atom. The van der Waals surface area contributed by atoms with Gasteiger partial charge >= 0.3 is 0 Å². The first-order valence-corrected chi connectivity index (χ1v) is 6.55. The van der Waals surface area contributed by atoms with Crippen LogP contribution in [0, 0.1) is 17.0 Å². The Morgan fingerprint density at radius 3 is 2.43 bits per heavy atom. The van der Waals surface area contributed by atoms with Crippen molar-refractivity contribution in [3.8, 4) is 11.5 Å². The van der Waals surface area contributed by atoms with Gasteiger partial charge in [0.1, 0.15) is 11.5 Å². The average Bonchev–Trinajstić information content (AvgIpc) is 2.49. The van der Waals surface area contributed by atoms with Gasteiger partial charge in [0.2, 0.25) is 0 Å². The lowest BCUT2D eigenvalue weighted by Crippen LogP contribution is -1.91. The third kappa shape index (κ3) is 2.69. The van der Waals surface area contributed by atoms with Crippen LogP contribution in [0.1, 0.15) is 5.56 Å². The molecule has 0 N–H and O–H groups in total. The van der Waals surface area contributed by atoms with Crippen LogP contribution in [0.3, 0.4) is 0 Å². The molecule has 4 nitrogen and oxygen atoms in total. The maximum absolute atomic E-state index is 10.7. The average molecular weight is 279 g/mol. The fourth-order valence-corrected chi connectivity index (χ4v) is 2.22. The van der Waals surface area contributed by atoms with E-state index in [2.05, 4.69) is 0 Å². The summed E-state index contributed by atoms with van der Waals surface area (Å²) in [5, 5.41) is 13.0. The van der Waals surface area contributed by atoms with E-state index < -0.39 is 4.92 Å². The summed E-state index contributed by atoms with van der Waals surface area (Å²) in [5.74, 6) is 1.33. The number of nitro groups is 1. The Bertz CT molecular complexity index is 827. The molecule has 0 unspecified atom stereocenters. The zero-order valence-electron chi connectivity index (χ0n) is 11.4. The molecule has 0 aliphatic heterocycles. The number of nitrogens with zero attached hydrogens (tertiary/aromatic N) is 1. The Labute approximate surface area is 121 Å². The van der Waals surface area contributed by atoms with Gasteiger partial charge in [-0.1, -0.05) is 30.3 Å². The number of aryl methyl sites for hydroxylation is 1. The normalized spacial score (nSPS) is 10.5. The highest BCUT2D eigenvalue weighted by atomic mass is 16.6. The Kier molecular flexibility index (Phi) is 3.28. The maximum Gasteiger partial charge on any atom is 0.269 e. The lowest BCUT2D eigenvalue weighted by Gasteiger charge is -2.09. The van der Waals surface area contributed by atoms with Gasteiger partial charge in [-0.05, 0) is 41.5 Å². The summed E-state index contributed by atoms with van der Waals surface area (Å²) in [6.45, 7) is 1.80. The molecule has 3 aromatic carbocycles. The van der Waals surface area contributed by atoms with Gasteiger partial charge in [0.25, 0.3) is 5.69 Å². The van der Waals surface area contributed by atoms with Crippen LogP contribution in [0.2, 0.25) is 0 Å². The largest absolute Gasteiger partial charge is 0.457 e. The molecule has 0 aromatic heterocycles. The Hall–Kier alpha value is -2.88. The molecule has 4 heteroatoms. The number of non-ortho nitro benzene ring substituents is 1. The van der Waals surface area contributed by atoms with E-state index in [0.29, 0.717) is 11.5 Å². The topological polar surface area (TPSA) is 52.4 Å². The molecule has 3 rings (SSSR count). The van der Waals surface area contributed by atoms with Crippen molar-refractivity contribution in [1.82, 2.24) is 0 Å². The summed E-state index contributed by atoms with van der Waals surface area (Å²) >= 11 is 0. The molecule has 0 aliphatic rings. The van der Waals surface area contributed by atoms with Crippen LogP contribution < -0.4 is 4.74 Å². The summed E-state index contributed by atoms with van der Waals surface area (Å²) in [6.07, 6.45) is 0. The van der Waals surface area contributed by atoms with Crippen LogP contribution in [-0.2, 0) is 0 Å². The molecule has 0 spiro atoms. The fraction of sp³-hybridized carbons (Fsp3) is 0.0588. The molecule has 0 fully saturated rings. The van der Waals surface area contributed by atoms with Gasteiger partial charge in [-0.15, -0.1) is 0 Å². The molecule has 0 saturated carbocycles. The molecule has 0 radical (unpaired) electrons. The molecule has 0 atom stereocenters. The summed E-state index contributed by atoms with van der Waals surface area (Å²) in [4.78, 5) is 10.3. The molecule has 0 heterocycles. The van der Waals surface area contributed by atoms with Crippen LogP contribution in [0.15, 0.2) is 60.7 Å². The van der Waals surface area contributed by atoms with Gasteiger partial charge in [0, 0.05) is 12.1 Å². The van der Waals surface area contributed by atoms with E-state index in [0.717, 1.165) is 16.3 Å². The lowest BCUT2D eigenvalue weighted by molar-refractivity contribution is -0.384. The van der Waals surface area contributed by atoms with Crippen LogP contribution in [0.25, 0.3) is 10.8 Å². The molecule has 0 aliphatic carbocycles. The van der Waals surface area contributed by atoms with Gasteiger partial charge in [-0.3, -0.25) is 10.1 Å². The van der Waals surface area contributed by atoms with Crippen LogP contribution in [0.5, 0.6) is 11.5 Å². The minimum absolute atomic E-state index is 0.0679. The lowest BCUT2D eigenvalue weighted by atomic mass is 10.1. The zero-order chi connectivity index (χ0) is 14.8. The van der Waals surface area contributed by atoms with Crippen molar-refractivity contribution in [2.45, 2.75) is 6.92 Å².